The second-order valence-electron chi connectivity index (χ2n) is 5.01. The molecule has 1 fully saturated rings. The Bertz CT molecular complexity index is 616. The molecule has 2 N–H and O–H groups in total. The standard InChI is InChI=1S/C13H17ClN2O3S/c1-9-6-10(2-3-12(9)14)7-15-13(17)16-11-4-5-20(18,19)8-11/h2-3,6,11H,4-5,7-8H2,1H3,(H2,15,16,17)/t11-/m1/s1. The molecular weight excluding hydrogens is 300 g/mol. The number of sulfone groups is 1. The number of nitrogens with one attached hydrogen (secondary N) is 2. The van der Waals surface area contributed by atoms with Gasteiger partial charge in [-0.2, -0.15) is 0 Å². The van der Waals surface area contributed by atoms with E-state index in [0.717, 1.165) is 11.1 Å². The van der Waals surface area contributed by atoms with Crippen LogP contribution in [0.3, 0.4) is 0 Å². The molecule has 1 atom stereocenters. The van der Waals surface area contributed by atoms with E-state index >= 15 is 0 Å². The maximum atomic E-state index is 11.7. The quantitative estimate of drug-likeness (QED) is 0.890. The number of hydrogen-bond acceptors (Lipinski definition) is 3. The van der Waals surface area contributed by atoms with E-state index in [4.69, 9.17) is 11.6 Å². The lowest BCUT2D eigenvalue weighted by molar-refractivity contribution is 0.237. The maximum absolute atomic E-state index is 11.7. The van der Waals surface area contributed by atoms with Crippen LogP contribution in [0.5, 0.6) is 0 Å². The summed E-state index contributed by atoms with van der Waals surface area (Å²) in [5.74, 6) is 0.175. The molecule has 0 aliphatic carbocycles. The first kappa shape index (κ1) is 15.1. The lowest BCUT2D eigenvalue weighted by atomic mass is 10.1. The summed E-state index contributed by atoms with van der Waals surface area (Å²) in [6.45, 7) is 2.28. The summed E-state index contributed by atoms with van der Waals surface area (Å²) in [4.78, 5) is 11.7. The van der Waals surface area contributed by atoms with Crippen LogP contribution in [0.2, 0.25) is 5.02 Å². The second-order valence-corrected chi connectivity index (χ2v) is 7.65. The topological polar surface area (TPSA) is 75.3 Å². The molecule has 5 nitrogen and oxygen atoms in total. The smallest absolute Gasteiger partial charge is 0.315 e. The zero-order chi connectivity index (χ0) is 14.8. The highest BCUT2D eigenvalue weighted by atomic mass is 35.5. The van der Waals surface area contributed by atoms with E-state index in [1.54, 1.807) is 6.07 Å². The van der Waals surface area contributed by atoms with Gasteiger partial charge < -0.3 is 10.6 Å². The second kappa shape index (κ2) is 6.01. The number of rotatable bonds is 3. The zero-order valence-corrected chi connectivity index (χ0v) is 12.7. The third-order valence-electron chi connectivity index (χ3n) is 3.24. The van der Waals surface area contributed by atoms with Crippen molar-refractivity contribution in [1.82, 2.24) is 10.6 Å². The van der Waals surface area contributed by atoms with Crippen LogP contribution in [0, 0.1) is 6.92 Å². The molecule has 1 aliphatic rings. The minimum atomic E-state index is -2.98. The van der Waals surface area contributed by atoms with Gasteiger partial charge in [0.15, 0.2) is 9.84 Å². The molecule has 0 aromatic heterocycles. The van der Waals surface area contributed by atoms with Crippen LogP contribution < -0.4 is 10.6 Å². The van der Waals surface area contributed by atoms with Crippen molar-refractivity contribution < 1.29 is 13.2 Å². The lowest BCUT2D eigenvalue weighted by Crippen LogP contribution is -2.42. The van der Waals surface area contributed by atoms with Gasteiger partial charge in [0.1, 0.15) is 0 Å². The molecular formula is C13H17ClN2O3S. The zero-order valence-electron chi connectivity index (χ0n) is 11.1. The number of benzene rings is 1. The molecule has 2 rings (SSSR count). The molecule has 1 saturated heterocycles. The highest BCUT2D eigenvalue weighted by molar-refractivity contribution is 7.91. The van der Waals surface area contributed by atoms with E-state index in [1.807, 2.05) is 19.1 Å². The fraction of sp³-hybridized carbons (Fsp3) is 0.462. The van der Waals surface area contributed by atoms with Crippen LogP contribution in [-0.2, 0) is 16.4 Å². The largest absolute Gasteiger partial charge is 0.334 e. The molecule has 0 spiro atoms. The van der Waals surface area contributed by atoms with Gasteiger partial charge in [0.2, 0.25) is 0 Å². The number of hydrogen-bond donors (Lipinski definition) is 2. The number of carbonyl (C=O) groups is 1. The lowest BCUT2D eigenvalue weighted by Gasteiger charge is -2.12. The van der Waals surface area contributed by atoms with Gasteiger partial charge in [0, 0.05) is 17.6 Å². The van der Waals surface area contributed by atoms with Crippen molar-refractivity contribution in [2.75, 3.05) is 11.5 Å². The molecule has 2 amide bonds. The first-order valence-corrected chi connectivity index (χ1v) is 8.55. The van der Waals surface area contributed by atoms with Gasteiger partial charge >= 0.3 is 6.03 Å². The highest BCUT2D eigenvalue weighted by Gasteiger charge is 2.28. The average molecular weight is 317 g/mol. The van der Waals surface area contributed by atoms with Crippen molar-refractivity contribution in [3.05, 3.63) is 34.3 Å². The molecule has 7 heteroatoms. The van der Waals surface area contributed by atoms with E-state index in [9.17, 15) is 13.2 Å². The molecule has 0 saturated carbocycles. The summed E-state index contributed by atoms with van der Waals surface area (Å²) >= 11 is 5.93. The summed E-state index contributed by atoms with van der Waals surface area (Å²) in [5.41, 5.74) is 1.90. The number of urea groups is 1. The molecule has 1 aromatic rings. The summed E-state index contributed by atoms with van der Waals surface area (Å²) in [7, 11) is -2.98. The van der Waals surface area contributed by atoms with Gasteiger partial charge in [-0.25, -0.2) is 13.2 Å². The van der Waals surface area contributed by atoms with E-state index in [2.05, 4.69) is 10.6 Å². The third-order valence-corrected chi connectivity index (χ3v) is 5.44. The minimum Gasteiger partial charge on any atom is -0.334 e. The van der Waals surface area contributed by atoms with Crippen LogP contribution in [0.4, 0.5) is 4.79 Å². The molecule has 0 bridgehead atoms. The van der Waals surface area contributed by atoms with E-state index in [-0.39, 0.29) is 23.6 Å². The average Bonchev–Trinajstić information content (AvgIpc) is 2.70. The van der Waals surface area contributed by atoms with Crippen LogP contribution in [0.1, 0.15) is 17.5 Å². The predicted molar refractivity (Wildman–Crippen MR) is 78.6 cm³/mol. The Labute approximate surface area is 123 Å². The van der Waals surface area contributed by atoms with E-state index in [1.165, 1.54) is 0 Å². The van der Waals surface area contributed by atoms with Crippen molar-refractivity contribution >= 4 is 27.5 Å². The number of halogens is 1. The maximum Gasteiger partial charge on any atom is 0.315 e. The Hall–Kier alpha value is -1.27. The molecule has 1 heterocycles. The van der Waals surface area contributed by atoms with Gasteiger partial charge in [-0.3, -0.25) is 0 Å². The Balaban J connectivity index is 1.82. The number of carbonyl (C=O) groups excluding carboxylic acids is 1. The van der Waals surface area contributed by atoms with Gasteiger partial charge in [0.25, 0.3) is 0 Å². The number of aryl methyl sites for hydroxylation is 1. The van der Waals surface area contributed by atoms with Gasteiger partial charge in [-0.05, 0) is 30.5 Å². The number of amides is 2. The highest BCUT2D eigenvalue weighted by Crippen LogP contribution is 2.16. The molecule has 0 unspecified atom stereocenters. The van der Waals surface area contributed by atoms with Crippen LogP contribution in [0.25, 0.3) is 0 Å². The summed E-state index contributed by atoms with van der Waals surface area (Å²) < 4.78 is 22.6. The van der Waals surface area contributed by atoms with Crippen LogP contribution in [0.15, 0.2) is 18.2 Å². The Morgan fingerprint density at radius 3 is 2.80 bits per heavy atom. The van der Waals surface area contributed by atoms with Crippen LogP contribution in [-0.4, -0.2) is 32.0 Å². The van der Waals surface area contributed by atoms with Crippen molar-refractivity contribution in [3.8, 4) is 0 Å². The van der Waals surface area contributed by atoms with Gasteiger partial charge in [-0.1, -0.05) is 23.7 Å². The van der Waals surface area contributed by atoms with Gasteiger partial charge in [0.05, 0.1) is 11.5 Å². The molecule has 1 aliphatic heterocycles. The normalized spacial score (nSPS) is 20.6. The molecule has 110 valence electrons. The minimum absolute atomic E-state index is 0.0282. The SMILES string of the molecule is Cc1cc(CNC(=O)N[C@@H]2CCS(=O)(=O)C2)ccc1Cl. The fourth-order valence-electron chi connectivity index (χ4n) is 2.14. The predicted octanol–water partition coefficient (Wildman–Crippen LogP) is 1.63. The fourth-order valence-corrected chi connectivity index (χ4v) is 3.94. The molecule has 0 radical (unpaired) electrons. The molecule has 20 heavy (non-hydrogen) atoms. The van der Waals surface area contributed by atoms with Crippen molar-refractivity contribution in [3.63, 3.8) is 0 Å². The monoisotopic (exact) mass is 316 g/mol. The van der Waals surface area contributed by atoms with E-state index in [0.29, 0.717) is 18.0 Å². The summed E-state index contributed by atoms with van der Waals surface area (Å²) in [6.07, 6.45) is 0.482. The van der Waals surface area contributed by atoms with Crippen molar-refractivity contribution in [2.45, 2.75) is 25.9 Å². The Morgan fingerprint density at radius 1 is 1.45 bits per heavy atom. The Kier molecular flexibility index (Phi) is 4.55. The Morgan fingerprint density at radius 2 is 2.20 bits per heavy atom. The first-order valence-electron chi connectivity index (χ1n) is 6.35. The third kappa shape index (κ3) is 4.11. The van der Waals surface area contributed by atoms with Crippen molar-refractivity contribution in [1.29, 1.82) is 0 Å². The van der Waals surface area contributed by atoms with Gasteiger partial charge in [-0.15, -0.1) is 0 Å². The molecule has 1 aromatic carbocycles. The summed E-state index contributed by atoms with van der Waals surface area (Å²) in [5, 5.41) is 6.08. The summed E-state index contributed by atoms with van der Waals surface area (Å²) in [6, 6.07) is 4.90. The van der Waals surface area contributed by atoms with Crippen molar-refractivity contribution in [2.24, 2.45) is 0 Å². The van der Waals surface area contributed by atoms with E-state index < -0.39 is 9.84 Å². The first-order chi connectivity index (χ1) is 9.35. The van der Waals surface area contributed by atoms with Crippen LogP contribution >= 0.6 is 11.6 Å².